The van der Waals surface area contributed by atoms with Crippen LogP contribution in [0.15, 0.2) is 0 Å². The molecule has 0 heterocycles. The van der Waals surface area contributed by atoms with E-state index in [0.29, 0.717) is 0 Å². The molecule has 1 rings (SSSR count). The van der Waals surface area contributed by atoms with Crippen LogP contribution in [0.4, 0.5) is 0 Å². The molecule has 0 spiro atoms. The molecule has 1 aromatic carbocycles. The summed E-state index contributed by atoms with van der Waals surface area (Å²) in [5.74, 6) is 1.02. The summed E-state index contributed by atoms with van der Waals surface area (Å²) in [5, 5.41) is 0. The van der Waals surface area contributed by atoms with Gasteiger partial charge in [-0.15, -0.1) is 0 Å². The molecular weight excluding hydrogens is 265 g/mol. The first-order valence-electron chi connectivity index (χ1n) is 4.99. The second-order valence-electron chi connectivity index (χ2n) is 3.82. The van der Waals surface area contributed by atoms with E-state index in [0.717, 1.165) is 43.8 Å². The first-order valence-corrected chi connectivity index (χ1v) is 6.15. The van der Waals surface area contributed by atoms with Gasteiger partial charge in [-0.25, -0.2) is 0 Å². The third kappa shape index (κ3) is 2.43. The summed E-state index contributed by atoms with van der Waals surface area (Å²) in [4.78, 5) is 0. The van der Waals surface area contributed by atoms with E-state index in [9.17, 15) is 0 Å². The summed E-state index contributed by atoms with van der Waals surface area (Å²) in [6.07, 6.45) is 0. The van der Waals surface area contributed by atoms with Crippen molar-refractivity contribution in [3.05, 3.63) is 27.8 Å². The van der Waals surface area contributed by atoms with Crippen LogP contribution in [0.5, 0.6) is 5.75 Å². The monoisotopic (exact) mass is 282 g/mol. The van der Waals surface area contributed by atoms with Gasteiger partial charge in [-0.05, 0) is 0 Å². The summed E-state index contributed by atoms with van der Waals surface area (Å²) in [6, 6.07) is 0. The van der Waals surface area contributed by atoms with Gasteiger partial charge in [-0.3, -0.25) is 0 Å². The number of rotatable bonds is 3. The Bertz CT molecular complexity index is 343. The Morgan fingerprint density at radius 2 is 1.40 bits per heavy atom. The summed E-state index contributed by atoms with van der Waals surface area (Å²) in [6.45, 7) is 9.22. The average molecular weight is 282 g/mol. The Hall–Kier alpha value is 0.0839. The molecule has 80 valence electrons. The van der Waals surface area contributed by atoms with Gasteiger partial charge in [0.15, 0.2) is 0 Å². The Kier molecular flexibility index (Phi) is 4.75. The van der Waals surface area contributed by atoms with E-state index in [2.05, 4.69) is 27.7 Å². The molecule has 0 aromatic heterocycles. The predicted molar refractivity (Wildman–Crippen MR) is 56.7 cm³/mol. The number of hydrogen-bond acceptors (Lipinski definition) is 2. The fourth-order valence-corrected chi connectivity index (χ4v) is 2.37. The second-order valence-corrected chi connectivity index (χ2v) is 4.64. The third-order valence-corrected chi connectivity index (χ3v) is 3.55. The van der Waals surface area contributed by atoms with Crippen molar-refractivity contribution >= 4 is 0 Å². The number of hydrogen-bond donors (Lipinski definition) is 0. The normalized spacial score (nSPS) is 10.4. The van der Waals surface area contributed by atoms with E-state index in [1.165, 1.54) is 27.8 Å². The van der Waals surface area contributed by atoms with Crippen LogP contribution in [-0.2, 0) is 40.1 Å². The van der Waals surface area contributed by atoms with Gasteiger partial charge in [0.2, 0.25) is 0 Å². The van der Waals surface area contributed by atoms with E-state index >= 15 is 0 Å². The van der Waals surface area contributed by atoms with Crippen molar-refractivity contribution < 1.29 is 38.3 Å². The van der Waals surface area contributed by atoms with Crippen LogP contribution in [0, 0.1) is 27.7 Å². The van der Waals surface area contributed by atoms with Gasteiger partial charge < -0.3 is 0 Å². The van der Waals surface area contributed by atoms with Crippen LogP contribution < -0.4 is 4.74 Å². The maximum absolute atomic E-state index is 5.44. The van der Waals surface area contributed by atoms with E-state index in [1.807, 2.05) is 0 Å². The van der Waals surface area contributed by atoms with E-state index in [4.69, 9.17) is 6.79 Å². The van der Waals surface area contributed by atoms with E-state index in [-0.39, 0.29) is 0 Å². The molecular formula is C12H17O2Y. The quantitative estimate of drug-likeness (QED) is 0.848. The SMILES string of the molecule is COc1c(C)c(C)c(C[O][Y])c(C)c1C. The number of ether oxygens (including phenoxy) is 1. The van der Waals surface area contributed by atoms with Crippen molar-refractivity contribution in [2.24, 2.45) is 0 Å². The van der Waals surface area contributed by atoms with Crippen LogP contribution in [0.2, 0.25) is 0 Å². The first-order chi connectivity index (χ1) is 7.04. The summed E-state index contributed by atoms with van der Waals surface area (Å²) < 4.78 is 10.8. The molecule has 0 aliphatic heterocycles. The van der Waals surface area contributed by atoms with Gasteiger partial charge in [-0.1, -0.05) is 0 Å². The topological polar surface area (TPSA) is 18.5 Å². The molecule has 0 bridgehead atoms. The van der Waals surface area contributed by atoms with Crippen LogP contribution in [0.25, 0.3) is 0 Å². The van der Waals surface area contributed by atoms with Gasteiger partial charge in [0, 0.05) is 0 Å². The molecule has 2 nitrogen and oxygen atoms in total. The fourth-order valence-electron chi connectivity index (χ4n) is 1.96. The second kappa shape index (κ2) is 5.42. The Morgan fingerprint density at radius 1 is 0.933 bits per heavy atom. The minimum absolute atomic E-state index is 0.728. The molecule has 0 radical (unpaired) electrons. The molecule has 0 aliphatic carbocycles. The van der Waals surface area contributed by atoms with Gasteiger partial charge in [-0.2, -0.15) is 0 Å². The van der Waals surface area contributed by atoms with Gasteiger partial charge in [0.05, 0.1) is 0 Å². The van der Waals surface area contributed by atoms with Crippen molar-refractivity contribution in [2.75, 3.05) is 7.11 Å². The Balaban J connectivity index is 3.44. The van der Waals surface area contributed by atoms with Crippen LogP contribution in [-0.4, -0.2) is 7.11 Å². The molecule has 0 unspecified atom stereocenters. The molecule has 1 aromatic rings. The standard InChI is InChI=1S/C12H17O2.Y/c1-7-9(3)12(14-5)10(4)8(2)11(7)6-13;/h6H2,1-5H3;/q-1;+1. The number of methoxy groups -OCH3 is 1. The molecule has 0 amide bonds. The van der Waals surface area contributed by atoms with Crippen molar-refractivity contribution in [3.8, 4) is 5.75 Å². The van der Waals surface area contributed by atoms with Gasteiger partial charge in [0.1, 0.15) is 0 Å². The zero-order valence-corrected chi connectivity index (χ0v) is 12.9. The van der Waals surface area contributed by atoms with Crippen LogP contribution in [0.1, 0.15) is 27.8 Å². The zero-order chi connectivity index (χ0) is 11.6. The summed E-state index contributed by atoms with van der Waals surface area (Å²) >= 11 is 0.844. The molecule has 0 fully saturated rings. The average Bonchev–Trinajstić information content (AvgIpc) is 2.23. The third-order valence-electron chi connectivity index (χ3n) is 3.14. The minimum atomic E-state index is 0.728. The number of benzene rings is 1. The van der Waals surface area contributed by atoms with Gasteiger partial charge >= 0.3 is 113 Å². The Labute approximate surface area is 113 Å². The molecule has 0 N–H and O–H groups in total. The molecule has 0 atom stereocenters. The molecule has 0 aliphatic rings. The van der Waals surface area contributed by atoms with Crippen molar-refractivity contribution in [3.63, 3.8) is 0 Å². The zero-order valence-electron chi connectivity index (χ0n) is 10.1. The van der Waals surface area contributed by atoms with Crippen molar-refractivity contribution in [1.82, 2.24) is 0 Å². The summed E-state index contributed by atoms with van der Waals surface area (Å²) in [5.41, 5.74) is 6.37. The summed E-state index contributed by atoms with van der Waals surface area (Å²) in [7, 11) is 1.73. The van der Waals surface area contributed by atoms with E-state index in [1.54, 1.807) is 7.11 Å². The molecule has 3 heteroatoms. The maximum atomic E-state index is 5.44. The molecule has 15 heavy (non-hydrogen) atoms. The molecule has 0 saturated carbocycles. The van der Waals surface area contributed by atoms with Crippen molar-refractivity contribution in [2.45, 2.75) is 34.3 Å². The fraction of sp³-hybridized carbons (Fsp3) is 0.500. The van der Waals surface area contributed by atoms with Gasteiger partial charge in [0.25, 0.3) is 0 Å². The van der Waals surface area contributed by atoms with E-state index < -0.39 is 0 Å². The van der Waals surface area contributed by atoms with Crippen LogP contribution in [0.3, 0.4) is 0 Å². The predicted octanol–water partition coefficient (Wildman–Crippen LogP) is 2.91. The molecule has 0 saturated heterocycles. The van der Waals surface area contributed by atoms with Crippen molar-refractivity contribution in [1.29, 1.82) is 0 Å². The first kappa shape index (κ1) is 13.2. The van der Waals surface area contributed by atoms with Crippen LogP contribution >= 0.6 is 0 Å². The Morgan fingerprint density at radius 3 is 1.73 bits per heavy atom.